The Hall–Kier alpha value is -1.35. The average molecular weight is 366 g/mol. The lowest BCUT2D eigenvalue weighted by molar-refractivity contribution is -0.137. The summed E-state index contributed by atoms with van der Waals surface area (Å²) in [5.74, 6) is -0.825. The van der Waals surface area contributed by atoms with Gasteiger partial charge in [0.05, 0.1) is 6.61 Å². The minimum atomic E-state index is -3.87. The summed E-state index contributed by atoms with van der Waals surface area (Å²) in [5, 5.41) is 8.82. The number of halogens is 1. The summed E-state index contributed by atoms with van der Waals surface area (Å²) in [5.41, 5.74) is 0. The SMILES string of the molecule is COCC(C)Oc1ccc(Cl)cc1S(=O)(=O)NCCCC(=O)O. The first kappa shape index (κ1) is 19.7. The van der Waals surface area contributed by atoms with Crippen molar-refractivity contribution < 1.29 is 27.8 Å². The van der Waals surface area contributed by atoms with Gasteiger partial charge in [0.1, 0.15) is 16.7 Å². The highest BCUT2D eigenvalue weighted by Gasteiger charge is 2.21. The maximum atomic E-state index is 12.4. The van der Waals surface area contributed by atoms with Crippen molar-refractivity contribution in [3.8, 4) is 5.75 Å². The van der Waals surface area contributed by atoms with Gasteiger partial charge in [-0.15, -0.1) is 0 Å². The van der Waals surface area contributed by atoms with Crippen molar-refractivity contribution in [1.29, 1.82) is 0 Å². The molecule has 2 N–H and O–H groups in total. The minimum absolute atomic E-state index is 0.00815. The summed E-state index contributed by atoms with van der Waals surface area (Å²) in [4.78, 5) is 10.4. The van der Waals surface area contributed by atoms with Crippen molar-refractivity contribution in [2.45, 2.75) is 30.8 Å². The van der Waals surface area contributed by atoms with Gasteiger partial charge in [0.2, 0.25) is 10.0 Å². The molecule has 7 nitrogen and oxygen atoms in total. The van der Waals surface area contributed by atoms with Crippen LogP contribution in [0.25, 0.3) is 0 Å². The number of methoxy groups -OCH3 is 1. The van der Waals surface area contributed by atoms with E-state index in [0.717, 1.165) is 0 Å². The zero-order chi connectivity index (χ0) is 17.5. The molecule has 0 aliphatic heterocycles. The Kier molecular flexibility index (Phi) is 7.77. The van der Waals surface area contributed by atoms with Crippen molar-refractivity contribution in [2.75, 3.05) is 20.3 Å². The predicted molar refractivity (Wildman–Crippen MR) is 85.5 cm³/mol. The third-order valence-corrected chi connectivity index (χ3v) is 4.50. The number of ether oxygens (including phenoxy) is 2. The van der Waals surface area contributed by atoms with Gasteiger partial charge >= 0.3 is 5.97 Å². The Balaban J connectivity index is 2.90. The standard InChI is InChI=1S/C14H20ClNO6S/c1-10(9-21-2)22-12-6-5-11(15)8-13(12)23(19,20)16-7-3-4-14(17)18/h5-6,8,10,16H,3-4,7,9H2,1-2H3,(H,17,18). The van der Waals surface area contributed by atoms with E-state index >= 15 is 0 Å². The number of benzene rings is 1. The van der Waals surface area contributed by atoms with Crippen LogP contribution in [0.5, 0.6) is 5.75 Å². The maximum Gasteiger partial charge on any atom is 0.303 e. The fourth-order valence-electron chi connectivity index (χ4n) is 1.80. The fourth-order valence-corrected chi connectivity index (χ4v) is 3.27. The van der Waals surface area contributed by atoms with E-state index in [-0.39, 0.29) is 41.2 Å². The molecule has 1 unspecified atom stereocenters. The van der Waals surface area contributed by atoms with Crippen LogP contribution in [0.2, 0.25) is 5.02 Å². The number of carbonyl (C=O) groups is 1. The van der Waals surface area contributed by atoms with Gasteiger partial charge in [0, 0.05) is 25.1 Å². The molecular weight excluding hydrogens is 346 g/mol. The molecule has 0 bridgehead atoms. The average Bonchev–Trinajstić information content (AvgIpc) is 2.45. The molecule has 23 heavy (non-hydrogen) atoms. The lowest BCUT2D eigenvalue weighted by Gasteiger charge is -2.17. The lowest BCUT2D eigenvalue weighted by Crippen LogP contribution is -2.27. The number of carboxylic acids is 1. The first-order valence-corrected chi connectivity index (χ1v) is 8.79. The van der Waals surface area contributed by atoms with Crippen LogP contribution in [0, 0.1) is 0 Å². The Morgan fingerprint density at radius 1 is 1.43 bits per heavy atom. The van der Waals surface area contributed by atoms with Crippen LogP contribution >= 0.6 is 11.6 Å². The molecule has 0 amide bonds. The first-order chi connectivity index (χ1) is 10.8. The van der Waals surface area contributed by atoms with Crippen molar-refractivity contribution in [3.63, 3.8) is 0 Å². The molecule has 130 valence electrons. The summed E-state index contributed by atoms with van der Waals surface area (Å²) in [6.07, 6.45) is -0.278. The zero-order valence-electron chi connectivity index (χ0n) is 12.9. The van der Waals surface area contributed by atoms with E-state index in [0.29, 0.717) is 6.61 Å². The van der Waals surface area contributed by atoms with Crippen LogP contribution in [-0.2, 0) is 19.6 Å². The smallest absolute Gasteiger partial charge is 0.303 e. The van der Waals surface area contributed by atoms with E-state index in [9.17, 15) is 13.2 Å². The van der Waals surface area contributed by atoms with Crippen molar-refractivity contribution in [2.24, 2.45) is 0 Å². The number of rotatable bonds is 10. The molecule has 0 aliphatic rings. The minimum Gasteiger partial charge on any atom is -0.487 e. The molecule has 0 fully saturated rings. The summed E-state index contributed by atoms with van der Waals surface area (Å²) < 4.78 is 37.6. The summed E-state index contributed by atoms with van der Waals surface area (Å²) >= 11 is 5.87. The molecule has 1 aromatic carbocycles. The summed E-state index contributed by atoms with van der Waals surface area (Å²) in [7, 11) is -2.35. The second-order valence-electron chi connectivity index (χ2n) is 4.87. The van der Waals surface area contributed by atoms with E-state index in [4.69, 9.17) is 26.2 Å². The molecule has 0 aliphatic carbocycles. The number of nitrogens with one attached hydrogen (secondary N) is 1. The van der Waals surface area contributed by atoms with Crippen molar-refractivity contribution in [3.05, 3.63) is 23.2 Å². The monoisotopic (exact) mass is 365 g/mol. The van der Waals surface area contributed by atoms with Crippen molar-refractivity contribution >= 4 is 27.6 Å². The van der Waals surface area contributed by atoms with Gasteiger partial charge in [-0.2, -0.15) is 0 Å². The normalized spacial score (nSPS) is 12.8. The van der Waals surface area contributed by atoms with E-state index in [1.165, 1.54) is 25.3 Å². The van der Waals surface area contributed by atoms with E-state index in [2.05, 4.69) is 4.72 Å². The topological polar surface area (TPSA) is 102 Å². The van der Waals surface area contributed by atoms with Crippen LogP contribution in [0.1, 0.15) is 19.8 Å². The molecule has 1 aromatic rings. The molecular formula is C14H20ClNO6S. The lowest BCUT2D eigenvalue weighted by atomic mass is 10.3. The van der Waals surface area contributed by atoms with E-state index in [1.807, 2.05) is 0 Å². The molecule has 0 saturated heterocycles. The van der Waals surface area contributed by atoms with Crippen LogP contribution in [0.15, 0.2) is 23.1 Å². The highest BCUT2D eigenvalue weighted by Crippen LogP contribution is 2.28. The number of hydrogen-bond donors (Lipinski definition) is 2. The van der Waals surface area contributed by atoms with Gasteiger partial charge in [0.25, 0.3) is 0 Å². The zero-order valence-corrected chi connectivity index (χ0v) is 14.5. The van der Waals surface area contributed by atoms with E-state index in [1.54, 1.807) is 6.92 Å². The van der Waals surface area contributed by atoms with Crippen LogP contribution in [0.4, 0.5) is 0 Å². The second kappa shape index (κ2) is 9.07. The largest absolute Gasteiger partial charge is 0.487 e. The fraction of sp³-hybridized carbons (Fsp3) is 0.500. The maximum absolute atomic E-state index is 12.4. The molecule has 0 aromatic heterocycles. The Morgan fingerprint density at radius 2 is 2.13 bits per heavy atom. The molecule has 1 atom stereocenters. The van der Waals surface area contributed by atoms with Crippen LogP contribution in [-0.4, -0.2) is 45.9 Å². The Morgan fingerprint density at radius 3 is 2.74 bits per heavy atom. The van der Waals surface area contributed by atoms with Gasteiger partial charge in [0.15, 0.2) is 0 Å². The Labute approximate surface area is 140 Å². The summed E-state index contributed by atoms with van der Waals surface area (Å²) in [6, 6.07) is 4.29. The Bertz CT molecular complexity index is 634. The quantitative estimate of drug-likeness (QED) is 0.614. The number of hydrogen-bond acceptors (Lipinski definition) is 5. The molecule has 0 heterocycles. The highest BCUT2D eigenvalue weighted by atomic mass is 35.5. The molecule has 0 radical (unpaired) electrons. The molecule has 0 spiro atoms. The summed E-state index contributed by atoms with van der Waals surface area (Å²) in [6.45, 7) is 2.05. The van der Waals surface area contributed by atoms with Crippen LogP contribution in [0.3, 0.4) is 0 Å². The number of carboxylic acid groups (broad SMARTS) is 1. The van der Waals surface area contributed by atoms with E-state index < -0.39 is 16.0 Å². The number of aliphatic carboxylic acids is 1. The highest BCUT2D eigenvalue weighted by molar-refractivity contribution is 7.89. The first-order valence-electron chi connectivity index (χ1n) is 6.93. The van der Waals surface area contributed by atoms with Gasteiger partial charge in [-0.3, -0.25) is 4.79 Å². The predicted octanol–water partition coefficient (Wildman–Crippen LogP) is 1.90. The van der Waals surface area contributed by atoms with Gasteiger partial charge in [-0.25, -0.2) is 13.1 Å². The molecule has 0 saturated carbocycles. The van der Waals surface area contributed by atoms with Gasteiger partial charge in [-0.05, 0) is 31.5 Å². The third kappa shape index (κ3) is 6.74. The van der Waals surface area contributed by atoms with Gasteiger partial charge in [-0.1, -0.05) is 11.6 Å². The van der Waals surface area contributed by atoms with Gasteiger partial charge < -0.3 is 14.6 Å². The molecule has 1 rings (SSSR count). The number of sulfonamides is 1. The second-order valence-corrected chi connectivity index (χ2v) is 7.04. The third-order valence-electron chi connectivity index (χ3n) is 2.78. The van der Waals surface area contributed by atoms with Crippen LogP contribution < -0.4 is 9.46 Å². The van der Waals surface area contributed by atoms with Crippen molar-refractivity contribution in [1.82, 2.24) is 4.72 Å². The molecule has 9 heteroatoms.